The summed E-state index contributed by atoms with van der Waals surface area (Å²) in [6.45, 7) is 2.59. The second-order valence-electron chi connectivity index (χ2n) is 6.04. The molecule has 1 fully saturated rings. The van der Waals surface area contributed by atoms with Crippen LogP contribution in [-0.4, -0.2) is 12.6 Å². The smallest absolute Gasteiger partial charge is 0.138 e. The predicted octanol–water partition coefficient (Wildman–Crippen LogP) is 3.31. The van der Waals surface area contributed by atoms with E-state index in [1.165, 1.54) is 25.7 Å². The molecule has 1 aliphatic rings. The number of hydrogen-bond donors (Lipinski definition) is 0. The highest BCUT2D eigenvalue weighted by Crippen LogP contribution is 2.32. The molecule has 1 aromatic carbocycles. The summed E-state index contributed by atoms with van der Waals surface area (Å²) < 4.78 is 32.5. The van der Waals surface area contributed by atoms with Crippen LogP contribution in [0.15, 0.2) is 12.1 Å². The number of halogens is 2. The fourth-order valence-corrected chi connectivity index (χ4v) is 3.14. The number of benzene rings is 1. The summed E-state index contributed by atoms with van der Waals surface area (Å²) in [5.41, 5.74) is -1.05. The first kappa shape index (κ1) is 16.7. The standard InChI is InChI=1S/C17H22F2O3/c1-2-3-11-4-6-12(7-5-11)10-22-13-8-14(18)16(17(20)21)15(19)9-13/h8-9,11-12H,2-7,10H2,1H3,(H,20,21)/p-1. The van der Waals surface area contributed by atoms with Crippen molar-refractivity contribution in [1.82, 2.24) is 0 Å². The second kappa shape index (κ2) is 7.56. The van der Waals surface area contributed by atoms with E-state index >= 15 is 0 Å². The van der Waals surface area contributed by atoms with Crippen LogP contribution in [0.2, 0.25) is 0 Å². The maximum atomic E-state index is 13.5. The first-order valence-electron chi connectivity index (χ1n) is 7.84. The molecule has 2 rings (SSSR count). The van der Waals surface area contributed by atoms with E-state index in [0.29, 0.717) is 12.5 Å². The monoisotopic (exact) mass is 311 g/mol. The number of carboxylic acids is 1. The van der Waals surface area contributed by atoms with Crippen molar-refractivity contribution in [2.24, 2.45) is 11.8 Å². The van der Waals surface area contributed by atoms with Crippen molar-refractivity contribution < 1.29 is 23.4 Å². The minimum absolute atomic E-state index is 0.0238. The maximum Gasteiger partial charge on any atom is 0.138 e. The molecule has 0 saturated heterocycles. The van der Waals surface area contributed by atoms with Gasteiger partial charge in [0, 0.05) is 12.1 Å². The van der Waals surface area contributed by atoms with E-state index in [-0.39, 0.29) is 5.75 Å². The molecule has 0 heterocycles. The molecule has 0 atom stereocenters. The van der Waals surface area contributed by atoms with Gasteiger partial charge in [-0.05, 0) is 24.7 Å². The quantitative estimate of drug-likeness (QED) is 0.810. The highest BCUT2D eigenvalue weighted by atomic mass is 19.1. The van der Waals surface area contributed by atoms with Crippen LogP contribution in [0.3, 0.4) is 0 Å². The van der Waals surface area contributed by atoms with Crippen molar-refractivity contribution >= 4 is 5.97 Å². The zero-order valence-corrected chi connectivity index (χ0v) is 12.7. The molecule has 0 bridgehead atoms. The van der Waals surface area contributed by atoms with Crippen molar-refractivity contribution in [1.29, 1.82) is 0 Å². The van der Waals surface area contributed by atoms with Crippen molar-refractivity contribution in [3.8, 4) is 5.75 Å². The second-order valence-corrected chi connectivity index (χ2v) is 6.04. The number of aromatic carboxylic acids is 1. The van der Waals surface area contributed by atoms with E-state index < -0.39 is 23.2 Å². The Labute approximate surface area is 129 Å². The normalized spacial score (nSPS) is 21.6. The van der Waals surface area contributed by atoms with Gasteiger partial charge in [0.1, 0.15) is 17.4 Å². The van der Waals surface area contributed by atoms with Crippen molar-refractivity contribution in [2.45, 2.75) is 45.4 Å². The summed E-state index contributed by atoms with van der Waals surface area (Å²) in [7, 11) is 0. The average Bonchev–Trinajstić information content (AvgIpc) is 2.46. The Kier molecular flexibility index (Phi) is 5.75. The van der Waals surface area contributed by atoms with Crippen molar-refractivity contribution in [3.63, 3.8) is 0 Å². The number of rotatable bonds is 6. The van der Waals surface area contributed by atoms with Gasteiger partial charge in [0.2, 0.25) is 0 Å². The highest BCUT2D eigenvalue weighted by Gasteiger charge is 2.21. The van der Waals surface area contributed by atoms with Gasteiger partial charge in [-0.2, -0.15) is 0 Å². The van der Waals surface area contributed by atoms with Crippen LogP contribution < -0.4 is 9.84 Å². The molecule has 22 heavy (non-hydrogen) atoms. The molecule has 0 radical (unpaired) electrons. The molecule has 1 aliphatic carbocycles. The Hall–Kier alpha value is -1.65. The summed E-state index contributed by atoms with van der Waals surface area (Å²) >= 11 is 0. The van der Waals surface area contributed by atoms with E-state index in [2.05, 4.69) is 6.92 Å². The third-order valence-corrected chi connectivity index (χ3v) is 4.37. The third kappa shape index (κ3) is 4.18. The molecule has 0 spiro atoms. The van der Waals surface area contributed by atoms with Gasteiger partial charge in [0.05, 0.1) is 18.1 Å². The van der Waals surface area contributed by atoms with Gasteiger partial charge in [-0.3, -0.25) is 0 Å². The lowest BCUT2D eigenvalue weighted by Gasteiger charge is -2.28. The molecule has 0 aliphatic heterocycles. The molecule has 0 aromatic heterocycles. The topological polar surface area (TPSA) is 49.4 Å². The third-order valence-electron chi connectivity index (χ3n) is 4.37. The van der Waals surface area contributed by atoms with E-state index in [1.54, 1.807) is 0 Å². The van der Waals surface area contributed by atoms with Gasteiger partial charge in [0.15, 0.2) is 0 Å². The summed E-state index contributed by atoms with van der Waals surface area (Å²) in [6.07, 6.45) is 6.94. The molecule has 3 nitrogen and oxygen atoms in total. The Bertz CT molecular complexity index is 500. The molecule has 122 valence electrons. The SMILES string of the molecule is CCCC1CCC(COc2cc(F)c(C(=O)[O-])c(F)c2)CC1. The first-order valence-corrected chi connectivity index (χ1v) is 7.84. The fourth-order valence-electron chi connectivity index (χ4n) is 3.14. The average molecular weight is 311 g/mol. The summed E-state index contributed by atoms with van der Waals surface area (Å²) in [5, 5.41) is 10.6. The number of carboxylic acid groups (broad SMARTS) is 1. The minimum atomic E-state index is -1.87. The Morgan fingerprint density at radius 1 is 1.18 bits per heavy atom. The number of carbonyl (C=O) groups is 1. The summed E-state index contributed by atoms with van der Waals surface area (Å²) in [4.78, 5) is 10.6. The van der Waals surface area contributed by atoms with E-state index in [1.807, 2.05) is 0 Å². The van der Waals surface area contributed by atoms with Crippen LogP contribution >= 0.6 is 0 Å². The van der Waals surface area contributed by atoms with Gasteiger partial charge in [-0.15, -0.1) is 0 Å². The number of carbonyl (C=O) groups excluding carboxylic acids is 1. The Morgan fingerprint density at radius 2 is 1.73 bits per heavy atom. The molecule has 5 heteroatoms. The predicted molar refractivity (Wildman–Crippen MR) is 76.5 cm³/mol. The summed E-state index contributed by atoms with van der Waals surface area (Å²) in [6, 6.07) is 1.80. The molecule has 0 N–H and O–H groups in total. The van der Waals surface area contributed by atoms with Crippen LogP contribution in [0.1, 0.15) is 55.8 Å². The van der Waals surface area contributed by atoms with E-state index in [9.17, 15) is 18.7 Å². The Balaban J connectivity index is 1.89. The lowest BCUT2D eigenvalue weighted by Crippen LogP contribution is -2.25. The van der Waals surface area contributed by atoms with Crippen molar-refractivity contribution in [3.05, 3.63) is 29.3 Å². The van der Waals surface area contributed by atoms with Gasteiger partial charge in [-0.25, -0.2) is 8.78 Å². The van der Waals surface area contributed by atoms with E-state index in [4.69, 9.17) is 4.74 Å². The fraction of sp³-hybridized carbons (Fsp3) is 0.588. The zero-order valence-electron chi connectivity index (χ0n) is 12.7. The first-order chi connectivity index (χ1) is 10.5. The number of hydrogen-bond acceptors (Lipinski definition) is 3. The molecule has 1 saturated carbocycles. The molecule has 1 aromatic rings. The van der Waals surface area contributed by atoms with Gasteiger partial charge in [-0.1, -0.05) is 32.6 Å². The lowest BCUT2D eigenvalue weighted by molar-refractivity contribution is -0.255. The van der Waals surface area contributed by atoms with E-state index in [0.717, 1.165) is 30.9 Å². The van der Waals surface area contributed by atoms with Crippen LogP contribution in [0, 0.1) is 23.5 Å². The molecule has 0 amide bonds. The molecular weight excluding hydrogens is 290 g/mol. The van der Waals surface area contributed by atoms with Crippen molar-refractivity contribution in [2.75, 3.05) is 6.61 Å². The van der Waals surface area contributed by atoms with Crippen LogP contribution in [0.5, 0.6) is 5.75 Å². The Morgan fingerprint density at radius 3 is 2.23 bits per heavy atom. The van der Waals surface area contributed by atoms with Crippen LogP contribution in [0.25, 0.3) is 0 Å². The minimum Gasteiger partial charge on any atom is -0.545 e. The maximum absolute atomic E-state index is 13.5. The molecule has 0 unspecified atom stereocenters. The molecular formula is C17H21F2O3-. The van der Waals surface area contributed by atoms with Gasteiger partial charge < -0.3 is 14.6 Å². The summed E-state index contributed by atoms with van der Waals surface area (Å²) in [5.74, 6) is -2.99. The highest BCUT2D eigenvalue weighted by molar-refractivity contribution is 5.86. The van der Waals surface area contributed by atoms with Gasteiger partial charge >= 0.3 is 0 Å². The number of ether oxygens (including phenoxy) is 1. The van der Waals surface area contributed by atoms with Crippen LogP contribution in [0.4, 0.5) is 8.78 Å². The largest absolute Gasteiger partial charge is 0.545 e. The lowest BCUT2D eigenvalue weighted by atomic mass is 9.80. The van der Waals surface area contributed by atoms with Gasteiger partial charge in [0.25, 0.3) is 0 Å². The van der Waals surface area contributed by atoms with Crippen LogP contribution in [-0.2, 0) is 0 Å². The zero-order chi connectivity index (χ0) is 16.1.